The van der Waals surface area contributed by atoms with Crippen LogP contribution in [-0.4, -0.2) is 15.7 Å². The lowest BCUT2D eigenvalue weighted by Crippen LogP contribution is -2.21. The van der Waals surface area contributed by atoms with Crippen LogP contribution in [0.4, 0.5) is 5.69 Å². The SMILES string of the molecule is Cn1ncc2c(N=C(N)N)cccc21. The smallest absolute Gasteiger partial charge is 0.191 e. The summed E-state index contributed by atoms with van der Waals surface area (Å²) in [5.74, 6) is 0.0568. The molecule has 0 saturated carbocycles. The fourth-order valence-corrected chi connectivity index (χ4v) is 1.40. The number of fused-ring (bicyclic) bond motifs is 1. The molecule has 0 aliphatic heterocycles. The quantitative estimate of drug-likeness (QED) is 0.505. The minimum absolute atomic E-state index is 0.0568. The topological polar surface area (TPSA) is 82.2 Å². The first kappa shape index (κ1) is 8.55. The van der Waals surface area contributed by atoms with Gasteiger partial charge in [-0.2, -0.15) is 5.10 Å². The Balaban J connectivity index is 2.72. The Bertz CT molecular complexity index is 493. The van der Waals surface area contributed by atoms with E-state index in [-0.39, 0.29) is 5.96 Å². The number of hydrogen-bond acceptors (Lipinski definition) is 2. The lowest BCUT2D eigenvalue weighted by molar-refractivity contribution is 0.797. The number of rotatable bonds is 1. The second kappa shape index (κ2) is 3.02. The molecule has 0 aliphatic rings. The summed E-state index contributed by atoms with van der Waals surface area (Å²) in [5, 5.41) is 5.08. The van der Waals surface area contributed by atoms with Crippen molar-refractivity contribution in [3.63, 3.8) is 0 Å². The Labute approximate surface area is 81.0 Å². The molecule has 1 aromatic carbocycles. The molecule has 0 bridgehead atoms. The molecule has 2 rings (SSSR count). The van der Waals surface area contributed by atoms with E-state index in [1.165, 1.54) is 0 Å². The van der Waals surface area contributed by atoms with Crippen LogP contribution in [0.1, 0.15) is 0 Å². The van der Waals surface area contributed by atoms with Gasteiger partial charge in [0.05, 0.1) is 17.4 Å². The molecular weight excluding hydrogens is 178 g/mol. The number of hydrogen-bond donors (Lipinski definition) is 2. The molecule has 0 fully saturated rings. The van der Waals surface area contributed by atoms with Gasteiger partial charge in [-0.05, 0) is 12.1 Å². The van der Waals surface area contributed by atoms with Crippen molar-refractivity contribution < 1.29 is 0 Å². The fraction of sp³-hybridized carbons (Fsp3) is 0.111. The zero-order chi connectivity index (χ0) is 10.1. The molecule has 14 heavy (non-hydrogen) atoms. The highest BCUT2D eigenvalue weighted by molar-refractivity contribution is 5.93. The molecular formula is C9H11N5. The van der Waals surface area contributed by atoms with E-state index in [4.69, 9.17) is 11.5 Å². The number of guanidine groups is 1. The van der Waals surface area contributed by atoms with Crippen LogP contribution in [0.5, 0.6) is 0 Å². The molecule has 0 aliphatic carbocycles. The molecule has 1 aromatic heterocycles. The lowest BCUT2D eigenvalue weighted by atomic mass is 10.2. The van der Waals surface area contributed by atoms with E-state index in [0.717, 1.165) is 16.6 Å². The van der Waals surface area contributed by atoms with Crippen molar-refractivity contribution in [2.24, 2.45) is 23.5 Å². The Hall–Kier alpha value is -2.04. The van der Waals surface area contributed by atoms with Gasteiger partial charge in [0, 0.05) is 12.4 Å². The molecule has 1 heterocycles. The highest BCUT2D eigenvalue weighted by Crippen LogP contribution is 2.24. The maximum atomic E-state index is 5.32. The van der Waals surface area contributed by atoms with Gasteiger partial charge in [0.25, 0.3) is 0 Å². The molecule has 0 unspecified atom stereocenters. The van der Waals surface area contributed by atoms with E-state index in [9.17, 15) is 0 Å². The third-order valence-corrected chi connectivity index (χ3v) is 2.02. The van der Waals surface area contributed by atoms with Crippen LogP contribution < -0.4 is 11.5 Å². The second-order valence-electron chi connectivity index (χ2n) is 3.01. The summed E-state index contributed by atoms with van der Waals surface area (Å²) >= 11 is 0. The van der Waals surface area contributed by atoms with Gasteiger partial charge in [-0.1, -0.05) is 6.07 Å². The number of aryl methyl sites for hydroxylation is 1. The molecule has 5 heteroatoms. The van der Waals surface area contributed by atoms with Crippen LogP contribution in [-0.2, 0) is 7.05 Å². The van der Waals surface area contributed by atoms with E-state index < -0.39 is 0 Å². The van der Waals surface area contributed by atoms with Crippen molar-refractivity contribution in [1.82, 2.24) is 9.78 Å². The van der Waals surface area contributed by atoms with Gasteiger partial charge in [0.1, 0.15) is 0 Å². The van der Waals surface area contributed by atoms with Crippen LogP contribution in [0.15, 0.2) is 29.4 Å². The number of aromatic nitrogens is 2. The number of nitrogens with zero attached hydrogens (tertiary/aromatic N) is 3. The van der Waals surface area contributed by atoms with Gasteiger partial charge in [0.15, 0.2) is 5.96 Å². The van der Waals surface area contributed by atoms with Crippen LogP contribution in [0, 0.1) is 0 Å². The van der Waals surface area contributed by atoms with Gasteiger partial charge >= 0.3 is 0 Å². The third-order valence-electron chi connectivity index (χ3n) is 2.02. The van der Waals surface area contributed by atoms with Gasteiger partial charge in [0.2, 0.25) is 0 Å². The molecule has 0 saturated heterocycles. The average Bonchev–Trinajstić information content (AvgIpc) is 2.49. The third kappa shape index (κ3) is 1.28. The molecule has 0 atom stereocenters. The van der Waals surface area contributed by atoms with E-state index in [1.807, 2.05) is 25.2 Å². The van der Waals surface area contributed by atoms with Gasteiger partial charge in [-0.15, -0.1) is 0 Å². The number of nitrogens with two attached hydrogens (primary N) is 2. The van der Waals surface area contributed by atoms with Gasteiger partial charge < -0.3 is 11.5 Å². The summed E-state index contributed by atoms with van der Waals surface area (Å²) < 4.78 is 1.78. The Morgan fingerprint density at radius 2 is 2.21 bits per heavy atom. The summed E-state index contributed by atoms with van der Waals surface area (Å²) in [6, 6.07) is 5.71. The van der Waals surface area contributed by atoms with Gasteiger partial charge in [-0.3, -0.25) is 4.68 Å². The summed E-state index contributed by atoms with van der Waals surface area (Å²) in [6.07, 6.45) is 1.75. The number of aliphatic imine (C=N–C) groups is 1. The normalized spacial score (nSPS) is 10.4. The van der Waals surface area contributed by atoms with Crippen LogP contribution in [0.25, 0.3) is 10.9 Å². The largest absolute Gasteiger partial charge is 0.370 e. The minimum atomic E-state index is 0.0568. The second-order valence-corrected chi connectivity index (χ2v) is 3.01. The van der Waals surface area contributed by atoms with E-state index in [2.05, 4.69) is 10.1 Å². The zero-order valence-corrected chi connectivity index (χ0v) is 7.81. The summed E-state index contributed by atoms with van der Waals surface area (Å²) in [5.41, 5.74) is 12.4. The standard InChI is InChI=1S/C9H11N5/c1-14-8-4-2-3-7(13-9(10)11)6(8)5-12-14/h2-5H,1H3,(H4,10,11,13). The molecule has 5 nitrogen and oxygen atoms in total. The van der Waals surface area contributed by atoms with Crippen molar-refractivity contribution in [2.45, 2.75) is 0 Å². The Morgan fingerprint density at radius 1 is 1.43 bits per heavy atom. The maximum Gasteiger partial charge on any atom is 0.191 e. The van der Waals surface area contributed by atoms with Crippen molar-refractivity contribution >= 4 is 22.5 Å². The molecule has 72 valence electrons. The van der Waals surface area contributed by atoms with Crippen LogP contribution in [0.3, 0.4) is 0 Å². The van der Waals surface area contributed by atoms with Crippen molar-refractivity contribution in [3.8, 4) is 0 Å². The highest BCUT2D eigenvalue weighted by Gasteiger charge is 2.03. The Morgan fingerprint density at radius 3 is 2.93 bits per heavy atom. The molecule has 0 amide bonds. The fourth-order valence-electron chi connectivity index (χ4n) is 1.40. The lowest BCUT2D eigenvalue weighted by Gasteiger charge is -1.97. The summed E-state index contributed by atoms with van der Waals surface area (Å²) in [7, 11) is 1.88. The van der Waals surface area contributed by atoms with Gasteiger partial charge in [-0.25, -0.2) is 4.99 Å². The van der Waals surface area contributed by atoms with Crippen molar-refractivity contribution in [2.75, 3.05) is 0 Å². The number of benzene rings is 1. The summed E-state index contributed by atoms with van der Waals surface area (Å²) in [6.45, 7) is 0. The zero-order valence-electron chi connectivity index (χ0n) is 7.81. The first-order valence-electron chi connectivity index (χ1n) is 4.19. The average molecular weight is 189 g/mol. The first-order valence-corrected chi connectivity index (χ1v) is 4.19. The summed E-state index contributed by atoms with van der Waals surface area (Å²) in [4.78, 5) is 4.02. The van der Waals surface area contributed by atoms with E-state index in [0.29, 0.717) is 0 Å². The minimum Gasteiger partial charge on any atom is -0.370 e. The predicted octanol–water partition coefficient (Wildman–Crippen LogP) is 0.478. The highest BCUT2D eigenvalue weighted by atomic mass is 15.2. The molecule has 0 spiro atoms. The van der Waals surface area contributed by atoms with Crippen LogP contribution >= 0.6 is 0 Å². The van der Waals surface area contributed by atoms with E-state index in [1.54, 1.807) is 10.9 Å². The monoisotopic (exact) mass is 189 g/mol. The molecule has 2 aromatic rings. The molecule has 4 N–H and O–H groups in total. The molecule has 0 radical (unpaired) electrons. The van der Waals surface area contributed by atoms with Crippen molar-refractivity contribution in [3.05, 3.63) is 24.4 Å². The first-order chi connectivity index (χ1) is 6.68. The van der Waals surface area contributed by atoms with E-state index >= 15 is 0 Å². The maximum absolute atomic E-state index is 5.32. The Kier molecular flexibility index (Phi) is 1.85. The predicted molar refractivity (Wildman–Crippen MR) is 56.2 cm³/mol. The van der Waals surface area contributed by atoms with Crippen molar-refractivity contribution in [1.29, 1.82) is 0 Å². The van der Waals surface area contributed by atoms with Crippen LogP contribution in [0.2, 0.25) is 0 Å².